The summed E-state index contributed by atoms with van der Waals surface area (Å²) in [7, 11) is -4.17. The molecule has 0 unspecified atom stereocenters. The fraction of sp³-hybridized carbons (Fsp3) is 0.417. The molecule has 7 nitrogen and oxygen atoms in total. The number of aryl methyl sites for hydroxylation is 1. The van der Waals surface area contributed by atoms with Crippen LogP contribution in [0, 0.1) is 6.92 Å². The van der Waals surface area contributed by atoms with Gasteiger partial charge in [-0.3, -0.25) is 13.2 Å². The molecule has 0 saturated heterocycles. The molecular formula is C12H20CaO7S. The summed E-state index contributed by atoms with van der Waals surface area (Å²) in [6.45, 7) is 5.74. The standard InChI is InChI=1S/C7H8.C4H8O2.CH4O.Ca.H2O4S/c1-7-5-3-2-4-6-7;1-3-6-4(2)5;1-2;;1-5(2,3)4/h2-6H,1H3;3H2,1-2H3;2H,1H3;;(H2,1,2,3,4)/q;;;+2;/p-2. The zero-order valence-corrected chi connectivity index (χ0v) is 15.6. The van der Waals surface area contributed by atoms with E-state index < -0.39 is 10.4 Å². The van der Waals surface area contributed by atoms with Gasteiger partial charge in [-0.1, -0.05) is 35.9 Å². The Kier molecular flexibility index (Phi) is 27.2. The molecule has 0 aromatic heterocycles. The van der Waals surface area contributed by atoms with E-state index in [9.17, 15) is 4.79 Å². The molecule has 0 spiro atoms. The van der Waals surface area contributed by atoms with Crippen molar-refractivity contribution in [1.29, 1.82) is 0 Å². The van der Waals surface area contributed by atoms with Gasteiger partial charge in [0.2, 0.25) is 0 Å². The van der Waals surface area contributed by atoms with Crippen LogP contribution in [0.2, 0.25) is 0 Å². The van der Waals surface area contributed by atoms with Crippen LogP contribution >= 0.6 is 0 Å². The minimum absolute atomic E-state index is 0. The van der Waals surface area contributed by atoms with E-state index >= 15 is 0 Å². The van der Waals surface area contributed by atoms with E-state index in [0.29, 0.717) is 6.61 Å². The molecule has 1 aromatic rings. The van der Waals surface area contributed by atoms with Gasteiger partial charge >= 0.3 is 43.7 Å². The van der Waals surface area contributed by atoms with Gasteiger partial charge in [0.15, 0.2) is 0 Å². The van der Waals surface area contributed by atoms with E-state index in [0.717, 1.165) is 7.11 Å². The summed E-state index contributed by atoms with van der Waals surface area (Å²) < 4.78 is 38.5. The van der Waals surface area contributed by atoms with E-state index in [1.807, 2.05) is 18.2 Å². The minimum Gasteiger partial charge on any atom is -0.759 e. The maximum atomic E-state index is 9.82. The summed E-state index contributed by atoms with van der Waals surface area (Å²) in [4.78, 5) is 9.82. The number of hydrogen-bond acceptors (Lipinski definition) is 7. The number of carbonyl (C=O) groups excluding carboxylic acids is 1. The Morgan fingerprint density at radius 1 is 1.19 bits per heavy atom. The van der Waals surface area contributed by atoms with Crippen LogP contribution in [0.3, 0.4) is 0 Å². The van der Waals surface area contributed by atoms with Gasteiger partial charge in [-0.05, 0) is 13.8 Å². The molecule has 0 radical (unpaired) electrons. The number of rotatable bonds is 1. The summed E-state index contributed by atoms with van der Waals surface area (Å²) in [6.07, 6.45) is 0. The summed E-state index contributed by atoms with van der Waals surface area (Å²) >= 11 is 0. The van der Waals surface area contributed by atoms with Gasteiger partial charge in [0.05, 0.1) is 6.61 Å². The second-order valence-electron chi connectivity index (χ2n) is 2.99. The molecular weight excluding hydrogens is 328 g/mol. The summed E-state index contributed by atoms with van der Waals surface area (Å²) in [5, 5.41) is 7.00. The molecule has 118 valence electrons. The minimum atomic E-state index is -5.17. The number of carbonyl (C=O) groups is 1. The normalized spacial score (nSPS) is 8.14. The molecule has 1 aromatic carbocycles. The molecule has 21 heavy (non-hydrogen) atoms. The topological polar surface area (TPSA) is 127 Å². The van der Waals surface area contributed by atoms with Gasteiger partial charge in [-0.15, -0.1) is 0 Å². The average Bonchev–Trinajstić information content (AvgIpc) is 2.31. The fourth-order valence-corrected chi connectivity index (χ4v) is 0.738. The van der Waals surface area contributed by atoms with Crippen molar-refractivity contribution < 1.29 is 32.2 Å². The van der Waals surface area contributed by atoms with Gasteiger partial charge in [0.1, 0.15) is 0 Å². The molecule has 0 aliphatic carbocycles. The van der Waals surface area contributed by atoms with Crippen LogP contribution in [0.4, 0.5) is 0 Å². The molecule has 9 heteroatoms. The monoisotopic (exact) mass is 348 g/mol. The summed E-state index contributed by atoms with van der Waals surface area (Å²) in [5.41, 5.74) is 1.32. The third-order valence-electron chi connectivity index (χ3n) is 1.29. The van der Waals surface area contributed by atoms with Crippen LogP contribution in [0.5, 0.6) is 0 Å². The van der Waals surface area contributed by atoms with Crippen LogP contribution in [0.15, 0.2) is 30.3 Å². The fourth-order valence-electron chi connectivity index (χ4n) is 0.738. The number of aliphatic hydroxyl groups excluding tert-OH is 1. The third kappa shape index (κ3) is 53.8. The Morgan fingerprint density at radius 3 is 1.62 bits per heavy atom. The van der Waals surface area contributed by atoms with Gasteiger partial charge in [-0.2, -0.15) is 0 Å². The molecule has 0 amide bonds. The maximum absolute atomic E-state index is 9.82. The quantitative estimate of drug-likeness (QED) is 0.338. The first kappa shape index (κ1) is 28.9. The number of benzene rings is 1. The predicted molar refractivity (Wildman–Crippen MR) is 77.9 cm³/mol. The van der Waals surface area contributed by atoms with E-state index in [-0.39, 0.29) is 43.7 Å². The second-order valence-corrected chi connectivity index (χ2v) is 3.80. The summed E-state index contributed by atoms with van der Waals surface area (Å²) in [6, 6.07) is 10.3. The smallest absolute Gasteiger partial charge is 0.759 e. The SMILES string of the molecule is CCOC(C)=O.CO.Cc1ccccc1.O=S(=O)([O-])[O-].[Ca+2]. The van der Waals surface area contributed by atoms with Crippen LogP contribution < -0.4 is 0 Å². The van der Waals surface area contributed by atoms with Gasteiger partial charge in [0.25, 0.3) is 0 Å². The Balaban J connectivity index is -0.0000000966. The van der Waals surface area contributed by atoms with Crippen LogP contribution in [0.1, 0.15) is 19.4 Å². The van der Waals surface area contributed by atoms with Crippen molar-refractivity contribution in [3.63, 3.8) is 0 Å². The zero-order chi connectivity index (χ0) is 16.6. The number of esters is 1. The average molecular weight is 348 g/mol. The van der Waals surface area contributed by atoms with Crippen molar-refractivity contribution in [2.75, 3.05) is 13.7 Å². The van der Waals surface area contributed by atoms with Crippen molar-refractivity contribution in [3.8, 4) is 0 Å². The number of hydrogen-bond donors (Lipinski definition) is 1. The van der Waals surface area contributed by atoms with Crippen molar-refractivity contribution in [2.24, 2.45) is 0 Å². The number of aliphatic hydroxyl groups is 1. The van der Waals surface area contributed by atoms with Crippen molar-refractivity contribution >= 4 is 54.1 Å². The molecule has 0 aliphatic rings. The first-order valence-electron chi connectivity index (χ1n) is 5.43. The first-order chi connectivity index (χ1) is 9.16. The Morgan fingerprint density at radius 2 is 1.52 bits per heavy atom. The number of ether oxygens (including phenoxy) is 1. The molecule has 0 aliphatic heterocycles. The van der Waals surface area contributed by atoms with Gasteiger partial charge in [-0.25, -0.2) is 0 Å². The Bertz CT molecular complexity index is 412. The van der Waals surface area contributed by atoms with E-state index in [1.54, 1.807) is 6.92 Å². The van der Waals surface area contributed by atoms with E-state index in [1.165, 1.54) is 12.5 Å². The molecule has 0 bridgehead atoms. The van der Waals surface area contributed by atoms with Crippen LogP contribution in [0.25, 0.3) is 0 Å². The Labute approximate surface area is 155 Å². The second kappa shape index (κ2) is 19.8. The first-order valence-corrected chi connectivity index (χ1v) is 6.76. The van der Waals surface area contributed by atoms with Crippen LogP contribution in [-0.2, 0) is 19.9 Å². The predicted octanol–water partition coefficient (Wildman–Crippen LogP) is 0.454. The maximum Gasteiger partial charge on any atom is 2.00 e. The third-order valence-corrected chi connectivity index (χ3v) is 1.29. The van der Waals surface area contributed by atoms with Crippen LogP contribution in [-0.4, -0.2) is 80.1 Å². The van der Waals surface area contributed by atoms with Gasteiger partial charge < -0.3 is 18.9 Å². The van der Waals surface area contributed by atoms with Crippen molar-refractivity contribution in [3.05, 3.63) is 35.9 Å². The van der Waals surface area contributed by atoms with E-state index in [2.05, 4.69) is 23.8 Å². The molecule has 0 saturated carbocycles. The van der Waals surface area contributed by atoms with Crippen molar-refractivity contribution in [2.45, 2.75) is 20.8 Å². The molecule has 1 N–H and O–H groups in total. The molecule has 0 fully saturated rings. The van der Waals surface area contributed by atoms with Gasteiger partial charge in [0, 0.05) is 24.4 Å². The molecule has 0 heterocycles. The van der Waals surface area contributed by atoms with E-state index in [4.69, 9.17) is 22.6 Å². The van der Waals surface area contributed by atoms with Crippen molar-refractivity contribution in [1.82, 2.24) is 0 Å². The summed E-state index contributed by atoms with van der Waals surface area (Å²) in [5.74, 6) is -0.211. The Hall–Kier alpha value is -0.220. The zero-order valence-electron chi connectivity index (χ0n) is 12.6. The molecule has 1 rings (SSSR count). The molecule has 0 atom stereocenters. The largest absolute Gasteiger partial charge is 2.00 e.